The number of hydrogen-bond acceptors (Lipinski definition) is 2. The van der Waals surface area contributed by atoms with Crippen molar-refractivity contribution in [1.82, 2.24) is 0 Å². The number of hydrogen-bond donors (Lipinski definition) is 1. The lowest BCUT2D eigenvalue weighted by molar-refractivity contribution is 0.305. The second-order valence-electron chi connectivity index (χ2n) is 3.94. The Hall–Kier alpha value is -1.02. The monoisotopic (exact) mass is 207 g/mol. The third-order valence-corrected chi connectivity index (χ3v) is 2.60. The normalized spacial score (nSPS) is 10.3. The maximum Gasteiger partial charge on any atom is 0.119 e. The van der Waals surface area contributed by atoms with Crippen LogP contribution in [0.4, 0.5) is 0 Å². The number of ether oxygens (including phenoxy) is 1. The van der Waals surface area contributed by atoms with E-state index in [1.165, 1.54) is 11.1 Å². The van der Waals surface area contributed by atoms with Crippen LogP contribution in [0.2, 0.25) is 0 Å². The molecule has 1 aromatic carbocycles. The molecule has 0 radical (unpaired) electrons. The van der Waals surface area contributed by atoms with E-state index in [4.69, 9.17) is 10.5 Å². The summed E-state index contributed by atoms with van der Waals surface area (Å²) in [5.41, 5.74) is 8.01. The Balaban J connectivity index is 2.28. The zero-order valence-electron chi connectivity index (χ0n) is 9.75. The summed E-state index contributed by atoms with van der Waals surface area (Å²) in [6, 6.07) is 6.23. The van der Waals surface area contributed by atoms with Gasteiger partial charge < -0.3 is 10.5 Å². The molecule has 0 amide bonds. The Morgan fingerprint density at radius 1 is 1.07 bits per heavy atom. The van der Waals surface area contributed by atoms with Gasteiger partial charge in [0.15, 0.2) is 0 Å². The minimum atomic E-state index is 0.781. The maximum atomic E-state index is 5.65. The molecule has 0 saturated heterocycles. The fourth-order valence-corrected chi connectivity index (χ4v) is 1.42. The van der Waals surface area contributed by atoms with Crippen LogP contribution in [-0.2, 0) is 0 Å². The molecule has 2 heteroatoms. The molecule has 1 rings (SSSR count). The number of rotatable bonds is 6. The molecule has 0 aliphatic heterocycles. The average molecular weight is 207 g/mol. The SMILES string of the molecule is Cc1ccc(OCCCCCN)cc1C. The van der Waals surface area contributed by atoms with E-state index in [0.29, 0.717) is 0 Å². The molecule has 0 heterocycles. The molecule has 0 bridgehead atoms. The first-order chi connectivity index (χ1) is 7.24. The van der Waals surface area contributed by atoms with Crippen LogP contribution in [0, 0.1) is 13.8 Å². The van der Waals surface area contributed by atoms with Crippen molar-refractivity contribution in [3.8, 4) is 5.75 Å². The van der Waals surface area contributed by atoms with Crippen LogP contribution in [0.3, 0.4) is 0 Å². The third-order valence-electron chi connectivity index (χ3n) is 2.60. The second-order valence-corrected chi connectivity index (χ2v) is 3.94. The minimum absolute atomic E-state index is 0.781. The number of nitrogens with two attached hydrogens (primary N) is 1. The summed E-state index contributed by atoms with van der Waals surface area (Å²) in [6.07, 6.45) is 3.34. The molecule has 0 aliphatic carbocycles. The van der Waals surface area contributed by atoms with Crippen LogP contribution in [0.25, 0.3) is 0 Å². The first-order valence-corrected chi connectivity index (χ1v) is 5.64. The molecule has 0 fully saturated rings. The molecule has 0 spiro atoms. The highest BCUT2D eigenvalue weighted by Gasteiger charge is 1.96. The van der Waals surface area contributed by atoms with Gasteiger partial charge in [0, 0.05) is 0 Å². The molecule has 0 saturated carbocycles. The predicted molar refractivity (Wildman–Crippen MR) is 64.3 cm³/mol. The topological polar surface area (TPSA) is 35.2 Å². The van der Waals surface area contributed by atoms with E-state index in [-0.39, 0.29) is 0 Å². The molecule has 15 heavy (non-hydrogen) atoms. The highest BCUT2D eigenvalue weighted by Crippen LogP contribution is 2.16. The summed E-state index contributed by atoms with van der Waals surface area (Å²) in [5, 5.41) is 0. The molecular formula is C13H21NO. The third kappa shape index (κ3) is 4.34. The first kappa shape index (κ1) is 12.1. The maximum absolute atomic E-state index is 5.65. The van der Waals surface area contributed by atoms with E-state index < -0.39 is 0 Å². The standard InChI is InChI=1S/C13H21NO/c1-11-6-7-13(10-12(11)2)15-9-5-3-4-8-14/h6-7,10H,3-5,8-9,14H2,1-2H3. The zero-order chi connectivity index (χ0) is 11.1. The van der Waals surface area contributed by atoms with Crippen molar-refractivity contribution in [3.63, 3.8) is 0 Å². The van der Waals surface area contributed by atoms with E-state index in [1.807, 2.05) is 6.07 Å². The van der Waals surface area contributed by atoms with Gasteiger partial charge in [-0.3, -0.25) is 0 Å². The number of unbranched alkanes of at least 4 members (excludes halogenated alkanes) is 2. The van der Waals surface area contributed by atoms with E-state index >= 15 is 0 Å². The molecular weight excluding hydrogens is 186 g/mol. The van der Waals surface area contributed by atoms with Crippen molar-refractivity contribution in [3.05, 3.63) is 29.3 Å². The molecule has 84 valence electrons. The Morgan fingerprint density at radius 2 is 1.87 bits per heavy atom. The quantitative estimate of drug-likeness (QED) is 0.728. The molecule has 0 aliphatic rings. The van der Waals surface area contributed by atoms with Crippen LogP contribution in [0.5, 0.6) is 5.75 Å². The van der Waals surface area contributed by atoms with Crippen molar-refractivity contribution < 1.29 is 4.74 Å². The predicted octanol–water partition coefficient (Wildman–Crippen LogP) is 2.81. The Labute approximate surface area is 92.4 Å². The van der Waals surface area contributed by atoms with Crippen LogP contribution >= 0.6 is 0 Å². The van der Waals surface area contributed by atoms with Crippen LogP contribution in [-0.4, -0.2) is 13.2 Å². The fourth-order valence-electron chi connectivity index (χ4n) is 1.42. The van der Waals surface area contributed by atoms with Crippen molar-refractivity contribution in [2.75, 3.05) is 13.2 Å². The van der Waals surface area contributed by atoms with Crippen LogP contribution in [0.15, 0.2) is 18.2 Å². The van der Waals surface area contributed by atoms with Gasteiger partial charge in [0.1, 0.15) is 5.75 Å². The molecule has 0 atom stereocenters. The lowest BCUT2D eigenvalue weighted by Gasteiger charge is -2.07. The largest absolute Gasteiger partial charge is 0.494 e. The summed E-state index contributed by atoms with van der Waals surface area (Å²) < 4.78 is 5.65. The van der Waals surface area contributed by atoms with E-state index in [9.17, 15) is 0 Å². The van der Waals surface area contributed by atoms with E-state index in [2.05, 4.69) is 26.0 Å². The Bertz CT molecular complexity index is 297. The van der Waals surface area contributed by atoms with Gasteiger partial charge in [-0.15, -0.1) is 0 Å². The van der Waals surface area contributed by atoms with Crippen molar-refractivity contribution >= 4 is 0 Å². The van der Waals surface area contributed by atoms with Gasteiger partial charge in [-0.1, -0.05) is 6.07 Å². The highest BCUT2D eigenvalue weighted by atomic mass is 16.5. The van der Waals surface area contributed by atoms with Gasteiger partial charge in [-0.25, -0.2) is 0 Å². The zero-order valence-corrected chi connectivity index (χ0v) is 9.75. The molecule has 0 unspecified atom stereocenters. The minimum Gasteiger partial charge on any atom is -0.494 e. The van der Waals surface area contributed by atoms with Gasteiger partial charge in [-0.05, 0) is 62.9 Å². The van der Waals surface area contributed by atoms with Gasteiger partial charge >= 0.3 is 0 Å². The van der Waals surface area contributed by atoms with Crippen molar-refractivity contribution in [1.29, 1.82) is 0 Å². The van der Waals surface area contributed by atoms with E-state index in [1.54, 1.807) is 0 Å². The summed E-state index contributed by atoms with van der Waals surface area (Å²) in [6.45, 7) is 5.79. The van der Waals surface area contributed by atoms with Gasteiger partial charge in [0.2, 0.25) is 0 Å². The summed E-state index contributed by atoms with van der Waals surface area (Å²) in [7, 11) is 0. The highest BCUT2D eigenvalue weighted by molar-refractivity contribution is 5.33. The Kier molecular flexibility index (Phi) is 5.19. The van der Waals surface area contributed by atoms with Gasteiger partial charge in [-0.2, -0.15) is 0 Å². The molecule has 0 aromatic heterocycles. The smallest absolute Gasteiger partial charge is 0.119 e. The summed E-state index contributed by atoms with van der Waals surface area (Å²) in [5.74, 6) is 0.978. The molecule has 2 N–H and O–H groups in total. The van der Waals surface area contributed by atoms with Crippen molar-refractivity contribution in [2.45, 2.75) is 33.1 Å². The van der Waals surface area contributed by atoms with Gasteiger partial charge in [0.25, 0.3) is 0 Å². The lowest BCUT2D eigenvalue weighted by atomic mass is 10.1. The van der Waals surface area contributed by atoms with E-state index in [0.717, 1.165) is 38.2 Å². The molecule has 2 nitrogen and oxygen atoms in total. The lowest BCUT2D eigenvalue weighted by Crippen LogP contribution is -2.01. The average Bonchev–Trinajstić information content (AvgIpc) is 2.23. The van der Waals surface area contributed by atoms with Crippen molar-refractivity contribution in [2.24, 2.45) is 5.73 Å². The summed E-state index contributed by atoms with van der Waals surface area (Å²) >= 11 is 0. The van der Waals surface area contributed by atoms with Crippen LogP contribution in [0.1, 0.15) is 30.4 Å². The number of benzene rings is 1. The first-order valence-electron chi connectivity index (χ1n) is 5.64. The van der Waals surface area contributed by atoms with Gasteiger partial charge in [0.05, 0.1) is 6.61 Å². The van der Waals surface area contributed by atoms with Crippen LogP contribution < -0.4 is 10.5 Å². The summed E-state index contributed by atoms with van der Waals surface area (Å²) in [4.78, 5) is 0. The number of aryl methyl sites for hydroxylation is 2. The fraction of sp³-hybridized carbons (Fsp3) is 0.538. The Morgan fingerprint density at radius 3 is 2.53 bits per heavy atom. The second kappa shape index (κ2) is 6.46. The molecule has 1 aromatic rings.